The molecule has 0 saturated heterocycles. The van der Waals surface area contributed by atoms with Crippen LogP contribution in [0.25, 0.3) is 10.9 Å². The van der Waals surface area contributed by atoms with E-state index in [2.05, 4.69) is 44.1 Å². The van der Waals surface area contributed by atoms with E-state index in [1.54, 1.807) is 6.20 Å². The highest BCUT2D eigenvalue weighted by Crippen LogP contribution is 2.43. The quantitative estimate of drug-likeness (QED) is 0.704. The number of amides is 1. The summed E-state index contributed by atoms with van der Waals surface area (Å²) in [6, 6.07) is 8.66. The zero-order valence-electron chi connectivity index (χ0n) is 15.8. The normalized spacial score (nSPS) is 20.8. The van der Waals surface area contributed by atoms with Crippen LogP contribution in [0.4, 0.5) is 0 Å². The summed E-state index contributed by atoms with van der Waals surface area (Å²) in [4.78, 5) is 26.5. The molecule has 3 heterocycles. The second-order valence-electron chi connectivity index (χ2n) is 8.07. The first-order chi connectivity index (χ1) is 13.2. The van der Waals surface area contributed by atoms with Gasteiger partial charge in [0.2, 0.25) is 0 Å². The molecule has 1 saturated carbocycles. The molecule has 1 atom stereocenters. The Morgan fingerprint density at radius 2 is 1.96 bits per heavy atom. The van der Waals surface area contributed by atoms with Gasteiger partial charge in [-0.3, -0.25) is 4.79 Å². The molecule has 5 nitrogen and oxygen atoms in total. The summed E-state index contributed by atoms with van der Waals surface area (Å²) >= 11 is 0. The summed E-state index contributed by atoms with van der Waals surface area (Å²) in [7, 11) is 0. The standard InChI is InChI=1S/C22H26N4O/c1-14-13-23-21(24-14)22(27)26-12-11-17-16-9-5-6-10-18(16)25-19(17)20(26)15-7-3-2-4-8-15/h5-6,9-10,13,15,20,25H,2-4,7-8,11-12H2,1H3,(H,23,24)/t20-/m0/s1. The summed E-state index contributed by atoms with van der Waals surface area (Å²) in [6.45, 7) is 2.70. The summed E-state index contributed by atoms with van der Waals surface area (Å²) in [6.07, 6.45) is 8.86. The Morgan fingerprint density at radius 1 is 1.15 bits per heavy atom. The van der Waals surface area contributed by atoms with Gasteiger partial charge in [-0.15, -0.1) is 0 Å². The average Bonchev–Trinajstić information content (AvgIpc) is 3.30. The highest BCUT2D eigenvalue weighted by Gasteiger charge is 2.39. The van der Waals surface area contributed by atoms with Gasteiger partial charge in [-0.1, -0.05) is 37.5 Å². The van der Waals surface area contributed by atoms with Crippen molar-refractivity contribution in [2.75, 3.05) is 6.54 Å². The van der Waals surface area contributed by atoms with E-state index < -0.39 is 0 Å². The Bertz CT molecular complexity index is 979. The molecule has 1 aliphatic carbocycles. The molecule has 0 unspecified atom stereocenters. The monoisotopic (exact) mass is 362 g/mol. The largest absolute Gasteiger partial charge is 0.356 e. The van der Waals surface area contributed by atoms with Crippen molar-refractivity contribution in [3.8, 4) is 0 Å². The van der Waals surface area contributed by atoms with Crippen molar-refractivity contribution in [2.24, 2.45) is 5.92 Å². The molecule has 1 amide bonds. The second-order valence-corrected chi connectivity index (χ2v) is 8.07. The number of fused-ring (bicyclic) bond motifs is 3. The molecule has 27 heavy (non-hydrogen) atoms. The van der Waals surface area contributed by atoms with E-state index in [0.717, 1.165) is 18.7 Å². The second kappa shape index (κ2) is 6.55. The summed E-state index contributed by atoms with van der Waals surface area (Å²) in [5, 5.41) is 1.31. The van der Waals surface area contributed by atoms with Crippen LogP contribution in [-0.2, 0) is 6.42 Å². The molecule has 1 fully saturated rings. The predicted octanol–water partition coefficient (Wildman–Crippen LogP) is 4.52. The Balaban J connectivity index is 1.59. The van der Waals surface area contributed by atoms with Crippen LogP contribution in [0, 0.1) is 12.8 Å². The van der Waals surface area contributed by atoms with Crippen molar-refractivity contribution < 1.29 is 4.79 Å². The van der Waals surface area contributed by atoms with Gasteiger partial charge in [0.05, 0.1) is 6.04 Å². The van der Waals surface area contributed by atoms with E-state index in [-0.39, 0.29) is 11.9 Å². The Labute approximate surface area is 159 Å². The summed E-state index contributed by atoms with van der Waals surface area (Å²) < 4.78 is 0. The van der Waals surface area contributed by atoms with Gasteiger partial charge in [-0.2, -0.15) is 0 Å². The number of aromatic amines is 2. The number of para-hydroxylation sites is 1. The minimum atomic E-state index is 0.0305. The highest BCUT2D eigenvalue weighted by atomic mass is 16.2. The van der Waals surface area contributed by atoms with E-state index in [1.807, 2.05) is 6.92 Å². The molecule has 0 bridgehead atoms. The molecule has 140 valence electrons. The first-order valence-corrected chi connectivity index (χ1v) is 10.1. The molecule has 0 radical (unpaired) electrons. The maximum atomic E-state index is 13.3. The Morgan fingerprint density at radius 3 is 2.74 bits per heavy atom. The number of aromatic nitrogens is 3. The van der Waals surface area contributed by atoms with Crippen LogP contribution >= 0.6 is 0 Å². The molecule has 2 aromatic heterocycles. The third-order valence-corrected chi connectivity index (χ3v) is 6.34. The lowest BCUT2D eigenvalue weighted by atomic mass is 9.79. The number of hydrogen-bond acceptors (Lipinski definition) is 2. The number of rotatable bonds is 2. The van der Waals surface area contributed by atoms with Gasteiger partial charge in [0.15, 0.2) is 5.82 Å². The van der Waals surface area contributed by atoms with Crippen molar-refractivity contribution in [3.63, 3.8) is 0 Å². The maximum Gasteiger partial charge on any atom is 0.290 e. The highest BCUT2D eigenvalue weighted by molar-refractivity contribution is 5.92. The van der Waals surface area contributed by atoms with Gasteiger partial charge in [-0.05, 0) is 43.7 Å². The molecule has 1 aliphatic heterocycles. The van der Waals surface area contributed by atoms with Gasteiger partial charge in [-0.25, -0.2) is 4.98 Å². The van der Waals surface area contributed by atoms with Gasteiger partial charge < -0.3 is 14.9 Å². The van der Waals surface area contributed by atoms with Crippen LogP contribution in [0.1, 0.15) is 65.7 Å². The number of carbonyl (C=O) groups excluding carboxylic acids is 1. The van der Waals surface area contributed by atoms with Crippen molar-refractivity contribution in [1.82, 2.24) is 19.9 Å². The topological polar surface area (TPSA) is 64.8 Å². The van der Waals surface area contributed by atoms with Gasteiger partial charge in [0, 0.05) is 35.0 Å². The van der Waals surface area contributed by atoms with Crippen LogP contribution in [0.2, 0.25) is 0 Å². The number of H-pyrrole nitrogens is 2. The van der Waals surface area contributed by atoms with Crippen molar-refractivity contribution in [3.05, 3.63) is 53.2 Å². The number of nitrogens with zero attached hydrogens (tertiary/aromatic N) is 2. The number of nitrogens with one attached hydrogen (secondary N) is 2. The van der Waals surface area contributed by atoms with E-state index >= 15 is 0 Å². The lowest BCUT2D eigenvalue weighted by molar-refractivity contribution is 0.0522. The van der Waals surface area contributed by atoms with Crippen LogP contribution in [0.5, 0.6) is 0 Å². The van der Waals surface area contributed by atoms with E-state index in [0.29, 0.717) is 11.7 Å². The third kappa shape index (κ3) is 2.76. The average molecular weight is 362 g/mol. The predicted molar refractivity (Wildman–Crippen MR) is 106 cm³/mol. The molecule has 5 heteroatoms. The number of imidazole rings is 1. The molecule has 3 aromatic rings. The minimum Gasteiger partial charge on any atom is -0.356 e. The molecule has 5 rings (SSSR count). The van der Waals surface area contributed by atoms with E-state index in [4.69, 9.17) is 0 Å². The zero-order chi connectivity index (χ0) is 18.4. The fraction of sp³-hybridized carbons (Fsp3) is 0.455. The number of aryl methyl sites for hydroxylation is 1. The van der Waals surface area contributed by atoms with Gasteiger partial charge in [0.1, 0.15) is 0 Å². The van der Waals surface area contributed by atoms with Crippen molar-refractivity contribution in [2.45, 2.75) is 51.5 Å². The van der Waals surface area contributed by atoms with Crippen molar-refractivity contribution in [1.29, 1.82) is 0 Å². The molecule has 1 aromatic carbocycles. The van der Waals surface area contributed by atoms with E-state index in [1.165, 1.54) is 54.3 Å². The minimum absolute atomic E-state index is 0.0305. The smallest absolute Gasteiger partial charge is 0.290 e. The van der Waals surface area contributed by atoms with Crippen molar-refractivity contribution >= 4 is 16.8 Å². The molecule has 2 aliphatic rings. The fourth-order valence-corrected chi connectivity index (χ4v) is 5.10. The zero-order valence-corrected chi connectivity index (χ0v) is 15.8. The number of benzene rings is 1. The van der Waals surface area contributed by atoms with Crippen LogP contribution in [-0.4, -0.2) is 32.3 Å². The molecule has 0 spiro atoms. The fourth-order valence-electron chi connectivity index (χ4n) is 5.10. The van der Waals surface area contributed by atoms with Crippen LogP contribution in [0.3, 0.4) is 0 Å². The number of hydrogen-bond donors (Lipinski definition) is 2. The maximum absolute atomic E-state index is 13.3. The summed E-state index contributed by atoms with van der Waals surface area (Å²) in [5.41, 5.74) is 4.77. The third-order valence-electron chi connectivity index (χ3n) is 6.34. The van der Waals surface area contributed by atoms with Crippen LogP contribution < -0.4 is 0 Å². The molecule has 2 N–H and O–H groups in total. The lowest BCUT2D eigenvalue weighted by Gasteiger charge is -2.41. The molecular formula is C22H26N4O. The number of carbonyl (C=O) groups is 1. The Kier molecular flexibility index (Phi) is 4.03. The summed E-state index contributed by atoms with van der Waals surface area (Å²) in [5.74, 6) is 1.02. The Hall–Kier alpha value is -2.56. The molecular weight excluding hydrogens is 336 g/mol. The lowest BCUT2D eigenvalue weighted by Crippen LogP contribution is -2.44. The van der Waals surface area contributed by atoms with Gasteiger partial charge in [0.25, 0.3) is 5.91 Å². The van der Waals surface area contributed by atoms with E-state index in [9.17, 15) is 4.79 Å². The first kappa shape index (κ1) is 16.6. The van der Waals surface area contributed by atoms with Gasteiger partial charge >= 0.3 is 0 Å². The first-order valence-electron chi connectivity index (χ1n) is 10.1. The SMILES string of the molecule is Cc1cnc(C(=O)N2CCc3c([nH]c4ccccc34)[C@@H]2C2CCCCC2)[nH]1. The van der Waals surface area contributed by atoms with Crippen LogP contribution in [0.15, 0.2) is 30.5 Å².